The van der Waals surface area contributed by atoms with Crippen LogP contribution in [0, 0.1) is 6.92 Å². The molecule has 1 amide bonds. The molecule has 0 aromatic heterocycles. The van der Waals surface area contributed by atoms with Crippen molar-refractivity contribution in [3.05, 3.63) is 35.4 Å². The number of carbonyl (C=O) groups excluding carboxylic acids is 1. The number of nitrogens with two attached hydrogens (primary N) is 1. The van der Waals surface area contributed by atoms with Crippen molar-refractivity contribution in [3.8, 4) is 0 Å². The van der Waals surface area contributed by atoms with Crippen molar-refractivity contribution in [2.24, 2.45) is 10.9 Å². The normalized spacial score (nSPS) is 10.9. The molecule has 1 aromatic rings. The van der Waals surface area contributed by atoms with E-state index in [1.807, 2.05) is 19.1 Å². The van der Waals surface area contributed by atoms with Crippen LogP contribution in [-0.2, 0) is 4.84 Å². The maximum absolute atomic E-state index is 10.7. The van der Waals surface area contributed by atoms with E-state index in [9.17, 15) is 4.79 Å². The zero-order valence-corrected chi connectivity index (χ0v) is 8.65. The van der Waals surface area contributed by atoms with Gasteiger partial charge in [-0.05, 0) is 6.92 Å². The van der Waals surface area contributed by atoms with Crippen LogP contribution < -0.4 is 11.1 Å². The fourth-order valence-corrected chi connectivity index (χ4v) is 0.913. The smallest absolute Gasteiger partial charge is 0.380 e. The van der Waals surface area contributed by atoms with Gasteiger partial charge in [0, 0.05) is 12.6 Å². The highest BCUT2D eigenvalue weighted by Gasteiger charge is 2.00. The van der Waals surface area contributed by atoms with Gasteiger partial charge in [0.2, 0.25) is 0 Å². The minimum absolute atomic E-state index is 0.165. The Kier molecular flexibility index (Phi) is 3.68. The third-order valence-electron chi connectivity index (χ3n) is 1.78. The van der Waals surface area contributed by atoms with E-state index in [2.05, 4.69) is 15.3 Å². The van der Waals surface area contributed by atoms with Crippen LogP contribution >= 0.6 is 0 Å². The van der Waals surface area contributed by atoms with Crippen molar-refractivity contribution in [1.82, 2.24) is 5.32 Å². The predicted octanol–water partition coefficient (Wildman–Crippen LogP) is 0.971. The molecule has 0 aliphatic rings. The third-order valence-corrected chi connectivity index (χ3v) is 1.78. The molecule has 0 saturated carbocycles. The summed E-state index contributed by atoms with van der Waals surface area (Å²) in [4.78, 5) is 15.2. The van der Waals surface area contributed by atoms with Crippen LogP contribution in [0.1, 0.15) is 11.1 Å². The first kappa shape index (κ1) is 11.0. The Morgan fingerprint density at radius 3 is 2.53 bits per heavy atom. The summed E-state index contributed by atoms with van der Waals surface area (Å²) in [6.07, 6.45) is -0.648. The topological polar surface area (TPSA) is 76.7 Å². The Morgan fingerprint density at radius 1 is 1.40 bits per heavy atom. The molecule has 0 fully saturated rings. The minimum atomic E-state index is -0.648. The molecule has 0 atom stereocenters. The summed E-state index contributed by atoms with van der Waals surface area (Å²) in [6, 6.07) is 7.41. The number of amides is 1. The molecule has 0 unspecified atom stereocenters. The van der Waals surface area contributed by atoms with Gasteiger partial charge in [-0.1, -0.05) is 35.0 Å². The van der Waals surface area contributed by atoms with Crippen LogP contribution in [-0.4, -0.2) is 19.0 Å². The lowest BCUT2D eigenvalue weighted by Gasteiger charge is -2.00. The fourth-order valence-electron chi connectivity index (χ4n) is 0.913. The second-order valence-electron chi connectivity index (χ2n) is 2.97. The Hall–Kier alpha value is -2.04. The number of hydrogen-bond donors (Lipinski definition) is 2. The quantitative estimate of drug-likeness (QED) is 0.328. The number of aryl methyl sites for hydroxylation is 1. The van der Waals surface area contributed by atoms with Crippen molar-refractivity contribution >= 4 is 11.9 Å². The average molecular weight is 207 g/mol. The van der Waals surface area contributed by atoms with E-state index < -0.39 is 6.09 Å². The molecule has 0 heterocycles. The van der Waals surface area contributed by atoms with Crippen LogP contribution in [0.15, 0.2) is 29.4 Å². The van der Waals surface area contributed by atoms with Gasteiger partial charge in [-0.3, -0.25) is 4.84 Å². The largest absolute Gasteiger partial charge is 0.433 e. The van der Waals surface area contributed by atoms with E-state index >= 15 is 0 Å². The number of oxime groups is 1. The third kappa shape index (κ3) is 3.30. The number of hydrogen-bond acceptors (Lipinski definition) is 3. The molecule has 0 aliphatic heterocycles. The Labute approximate surface area is 87.9 Å². The van der Waals surface area contributed by atoms with Crippen molar-refractivity contribution in [2.45, 2.75) is 6.92 Å². The number of rotatable bonds is 2. The summed E-state index contributed by atoms with van der Waals surface area (Å²) in [5.74, 6) is 0.165. The van der Waals surface area contributed by atoms with E-state index in [4.69, 9.17) is 5.73 Å². The Morgan fingerprint density at radius 2 is 2.00 bits per heavy atom. The average Bonchev–Trinajstić information content (AvgIpc) is 2.26. The second kappa shape index (κ2) is 4.99. The summed E-state index contributed by atoms with van der Waals surface area (Å²) in [7, 11) is 1.44. The highest BCUT2D eigenvalue weighted by atomic mass is 16.7. The highest BCUT2D eigenvalue weighted by molar-refractivity contribution is 5.97. The maximum atomic E-state index is 10.7. The van der Waals surface area contributed by atoms with Gasteiger partial charge in [0.15, 0.2) is 5.84 Å². The summed E-state index contributed by atoms with van der Waals surface area (Å²) >= 11 is 0. The first-order valence-corrected chi connectivity index (χ1v) is 4.42. The summed E-state index contributed by atoms with van der Waals surface area (Å²) < 4.78 is 0. The molecule has 5 heteroatoms. The van der Waals surface area contributed by atoms with E-state index in [-0.39, 0.29) is 5.84 Å². The predicted molar refractivity (Wildman–Crippen MR) is 57.4 cm³/mol. The van der Waals surface area contributed by atoms with Crippen LogP contribution in [0.2, 0.25) is 0 Å². The second-order valence-corrected chi connectivity index (χ2v) is 2.97. The lowest BCUT2D eigenvalue weighted by molar-refractivity contribution is 0.153. The zero-order chi connectivity index (χ0) is 11.3. The van der Waals surface area contributed by atoms with Crippen molar-refractivity contribution in [2.75, 3.05) is 7.05 Å². The molecule has 0 bridgehead atoms. The summed E-state index contributed by atoms with van der Waals surface area (Å²) in [6.45, 7) is 1.97. The molecule has 5 nitrogen and oxygen atoms in total. The van der Waals surface area contributed by atoms with Gasteiger partial charge < -0.3 is 11.1 Å². The van der Waals surface area contributed by atoms with Gasteiger partial charge in [-0.25, -0.2) is 4.79 Å². The first-order chi connectivity index (χ1) is 7.13. The maximum Gasteiger partial charge on any atom is 0.433 e. The molecule has 0 saturated heterocycles. The van der Waals surface area contributed by atoms with E-state index in [1.165, 1.54) is 7.05 Å². The molecule has 1 aromatic carbocycles. The fraction of sp³-hybridized carbons (Fsp3) is 0.200. The molecule has 15 heavy (non-hydrogen) atoms. The molecule has 0 aliphatic carbocycles. The molecule has 0 spiro atoms. The van der Waals surface area contributed by atoms with Gasteiger partial charge in [0.05, 0.1) is 0 Å². The zero-order valence-electron chi connectivity index (χ0n) is 8.65. The van der Waals surface area contributed by atoms with Gasteiger partial charge in [-0.2, -0.15) is 0 Å². The molecule has 3 N–H and O–H groups in total. The van der Waals surface area contributed by atoms with Gasteiger partial charge in [0.25, 0.3) is 0 Å². The van der Waals surface area contributed by atoms with Crippen LogP contribution in [0.5, 0.6) is 0 Å². The number of benzene rings is 1. The van der Waals surface area contributed by atoms with Gasteiger partial charge >= 0.3 is 6.09 Å². The molecule has 80 valence electrons. The molecular formula is C10H13N3O2. The lowest BCUT2D eigenvalue weighted by Crippen LogP contribution is -2.20. The molecule has 0 radical (unpaired) electrons. The number of nitrogens with one attached hydrogen (secondary N) is 1. The summed E-state index contributed by atoms with van der Waals surface area (Å²) in [5, 5.41) is 5.73. The van der Waals surface area contributed by atoms with E-state index in [1.54, 1.807) is 12.1 Å². The van der Waals surface area contributed by atoms with E-state index in [0.29, 0.717) is 5.56 Å². The summed E-state index contributed by atoms with van der Waals surface area (Å²) in [5.41, 5.74) is 7.43. The molecule has 1 rings (SSSR count). The van der Waals surface area contributed by atoms with Crippen molar-refractivity contribution in [1.29, 1.82) is 0 Å². The monoisotopic (exact) mass is 207 g/mol. The standard InChI is InChI=1S/C10H13N3O2/c1-7-3-5-8(6-4-7)9(11)13-15-10(14)12-2/h3-6H,1-2H3,(H2,11,13)(H,12,14). The lowest BCUT2D eigenvalue weighted by atomic mass is 10.1. The number of carbonyl (C=O) groups is 1. The van der Waals surface area contributed by atoms with E-state index in [0.717, 1.165) is 5.56 Å². The van der Waals surface area contributed by atoms with Crippen LogP contribution in [0.25, 0.3) is 0 Å². The van der Waals surface area contributed by atoms with Gasteiger partial charge in [0.1, 0.15) is 0 Å². The minimum Gasteiger partial charge on any atom is -0.380 e. The highest BCUT2D eigenvalue weighted by Crippen LogP contribution is 2.02. The Bertz CT molecular complexity index is 371. The Balaban J connectivity index is 2.71. The molecular weight excluding hydrogens is 194 g/mol. The van der Waals surface area contributed by atoms with Gasteiger partial charge in [-0.15, -0.1) is 0 Å². The first-order valence-electron chi connectivity index (χ1n) is 4.42. The number of amidine groups is 1. The van der Waals surface area contributed by atoms with Crippen LogP contribution in [0.4, 0.5) is 4.79 Å². The van der Waals surface area contributed by atoms with Crippen molar-refractivity contribution in [3.63, 3.8) is 0 Å². The van der Waals surface area contributed by atoms with Crippen LogP contribution in [0.3, 0.4) is 0 Å². The number of nitrogens with zero attached hydrogens (tertiary/aromatic N) is 1. The van der Waals surface area contributed by atoms with Crippen molar-refractivity contribution < 1.29 is 9.63 Å². The SMILES string of the molecule is CNC(=O)O/N=C(\N)c1ccc(C)cc1.